The Morgan fingerprint density at radius 3 is 2.27 bits per heavy atom. The summed E-state index contributed by atoms with van der Waals surface area (Å²) in [7, 11) is 0. The van der Waals surface area contributed by atoms with Gasteiger partial charge in [-0.15, -0.1) is 0 Å². The molecule has 4 saturated carbocycles. The first-order chi connectivity index (χ1) is 10.8. The van der Waals surface area contributed by atoms with Crippen molar-refractivity contribution >= 4 is 11.6 Å². The number of nitrogens with one attached hydrogen (secondary N) is 1. The Morgan fingerprint density at radius 1 is 1.00 bits per heavy atom. The van der Waals surface area contributed by atoms with E-state index >= 15 is 0 Å². The fourth-order valence-corrected chi connectivity index (χ4v) is 5.48. The molecule has 4 aliphatic carbocycles. The van der Waals surface area contributed by atoms with Gasteiger partial charge in [0.1, 0.15) is 0 Å². The molecule has 1 saturated heterocycles. The summed E-state index contributed by atoms with van der Waals surface area (Å²) in [5, 5.41) is 4.58. The standard InChI is InChI=1S/C18H29N3O/c22-17(4-7-21-5-2-1-3-6-21)19-20-18-15-9-13-8-14(11-15)12-16(18)10-13/h13-16H,1-12H2,(H,19,22). The van der Waals surface area contributed by atoms with E-state index in [1.807, 2.05) is 0 Å². The molecule has 5 aliphatic rings. The molecule has 0 atom stereocenters. The van der Waals surface area contributed by atoms with Crippen molar-refractivity contribution in [3.8, 4) is 0 Å². The lowest BCUT2D eigenvalue weighted by Gasteiger charge is -2.50. The fraction of sp³-hybridized carbons (Fsp3) is 0.889. The number of hydrazone groups is 1. The van der Waals surface area contributed by atoms with Crippen molar-refractivity contribution in [2.24, 2.45) is 28.8 Å². The zero-order chi connectivity index (χ0) is 14.9. The molecule has 1 aliphatic heterocycles. The Labute approximate surface area is 133 Å². The number of hydrogen-bond donors (Lipinski definition) is 1. The van der Waals surface area contributed by atoms with Gasteiger partial charge in [-0.25, -0.2) is 5.43 Å². The van der Waals surface area contributed by atoms with Crippen LogP contribution in [0.25, 0.3) is 0 Å². The third kappa shape index (κ3) is 3.08. The van der Waals surface area contributed by atoms with E-state index in [2.05, 4.69) is 15.4 Å². The van der Waals surface area contributed by atoms with Crippen LogP contribution in [0.4, 0.5) is 0 Å². The van der Waals surface area contributed by atoms with Gasteiger partial charge in [0.15, 0.2) is 0 Å². The first-order valence-corrected chi connectivity index (χ1v) is 9.36. The average molecular weight is 303 g/mol. The molecule has 122 valence electrons. The first-order valence-electron chi connectivity index (χ1n) is 9.36. The van der Waals surface area contributed by atoms with Crippen molar-refractivity contribution in [2.75, 3.05) is 19.6 Å². The largest absolute Gasteiger partial charge is 0.303 e. The highest BCUT2D eigenvalue weighted by molar-refractivity contribution is 5.91. The van der Waals surface area contributed by atoms with Crippen molar-refractivity contribution in [3.63, 3.8) is 0 Å². The highest BCUT2D eigenvalue weighted by atomic mass is 16.2. The van der Waals surface area contributed by atoms with Gasteiger partial charge in [-0.3, -0.25) is 4.79 Å². The summed E-state index contributed by atoms with van der Waals surface area (Å²) in [6, 6.07) is 0. The second-order valence-corrected chi connectivity index (χ2v) is 8.03. The molecule has 0 aromatic carbocycles. The zero-order valence-electron chi connectivity index (χ0n) is 13.6. The highest BCUT2D eigenvalue weighted by Gasteiger charge is 2.46. The molecule has 4 bridgehead atoms. The van der Waals surface area contributed by atoms with E-state index in [0.29, 0.717) is 18.3 Å². The van der Waals surface area contributed by atoms with Crippen molar-refractivity contribution in [1.82, 2.24) is 10.3 Å². The van der Waals surface area contributed by atoms with Crippen molar-refractivity contribution in [2.45, 2.75) is 57.8 Å². The van der Waals surface area contributed by atoms with Crippen molar-refractivity contribution in [1.29, 1.82) is 0 Å². The van der Waals surface area contributed by atoms with Gasteiger partial charge in [-0.1, -0.05) is 6.42 Å². The second kappa shape index (κ2) is 6.31. The summed E-state index contributed by atoms with van der Waals surface area (Å²) in [6.07, 6.45) is 11.3. The third-order valence-electron chi connectivity index (χ3n) is 6.39. The summed E-state index contributed by atoms with van der Waals surface area (Å²) in [5.41, 5.74) is 4.20. The molecule has 22 heavy (non-hydrogen) atoms. The smallest absolute Gasteiger partial charge is 0.241 e. The molecule has 0 aromatic rings. The molecule has 1 N–H and O–H groups in total. The van der Waals surface area contributed by atoms with E-state index in [9.17, 15) is 4.79 Å². The zero-order valence-corrected chi connectivity index (χ0v) is 13.6. The van der Waals surface area contributed by atoms with Crippen LogP contribution in [0.1, 0.15) is 57.8 Å². The van der Waals surface area contributed by atoms with Crippen molar-refractivity contribution < 1.29 is 4.79 Å². The molecule has 0 radical (unpaired) electrons. The molecule has 1 amide bonds. The van der Waals surface area contributed by atoms with Crippen LogP contribution in [0.15, 0.2) is 5.10 Å². The molecular weight excluding hydrogens is 274 g/mol. The molecule has 5 fully saturated rings. The van der Waals surface area contributed by atoms with Crippen LogP contribution in [0.5, 0.6) is 0 Å². The highest BCUT2D eigenvalue weighted by Crippen LogP contribution is 2.52. The fourth-order valence-electron chi connectivity index (χ4n) is 5.48. The van der Waals surface area contributed by atoms with Crippen LogP contribution < -0.4 is 5.43 Å². The minimum atomic E-state index is 0.104. The summed E-state index contributed by atoms with van der Waals surface area (Å²) < 4.78 is 0. The Balaban J connectivity index is 1.27. The van der Waals surface area contributed by atoms with Crippen LogP contribution in [0, 0.1) is 23.7 Å². The van der Waals surface area contributed by atoms with Crippen LogP contribution in [0.3, 0.4) is 0 Å². The number of rotatable bonds is 4. The number of carbonyl (C=O) groups is 1. The summed E-state index contributed by atoms with van der Waals surface area (Å²) >= 11 is 0. The number of hydrogen-bond acceptors (Lipinski definition) is 3. The quantitative estimate of drug-likeness (QED) is 0.812. The summed E-state index contributed by atoms with van der Waals surface area (Å²) in [5.74, 6) is 3.37. The number of nitrogens with zero attached hydrogens (tertiary/aromatic N) is 2. The Hall–Kier alpha value is -0.900. The lowest BCUT2D eigenvalue weighted by molar-refractivity contribution is -0.121. The van der Waals surface area contributed by atoms with Gasteiger partial charge in [-0.05, 0) is 81.7 Å². The maximum absolute atomic E-state index is 12.1. The van der Waals surface area contributed by atoms with E-state index in [1.165, 1.54) is 57.1 Å². The minimum Gasteiger partial charge on any atom is -0.303 e. The van der Waals surface area contributed by atoms with Gasteiger partial charge in [0, 0.05) is 18.7 Å². The lowest BCUT2D eigenvalue weighted by Crippen LogP contribution is -2.46. The molecule has 5 rings (SSSR count). The number of likely N-dealkylation sites (tertiary alicyclic amines) is 1. The lowest BCUT2D eigenvalue weighted by atomic mass is 9.55. The van der Waals surface area contributed by atoms with E-state index in [0.717, 1.165) is 31.5 Å². The average Bonchev–Trinajstić information content (AvgIpc) is 2.52. The van der Waals surface area contributed by atoms with Gasteiger partial charge in [0.2, 0.25) is 5.91 Å². The van der Waals surface area contributed by atoms with Crippen LogP contribution in [-0.2, 0) is 4.79 Å². The number of amides is 1. The predicted octanol–water partition coefficient (Wildman–Crippen LogP) is 2.79. The maximum atomic E-state index is 12.1. The van der Waals surface area contributed by atoms with Crippen LogP contribution >= 0.6 is 0 Å². The Morgan fingerprint density at radius 2 is 1.64 bits per heavy atom. The summed E-state index contributed by atoms with van der Waals surface area (Å²) in [4.78, 5) is 14.5. The number of carbonyl (C=O) groups excluding carboxylic acids is 1. The second-order valence-electron chi connectivity index (χ2n) is 8.03. The predicted molar refractivity (Wildman–Crippen MR) is 87.5 cm³/mol. The number of piperidine rings is 1. The summed E-state index contributed by atoms with van der Waals surface area (Å²) in [6.45, 7) is 3.22. The minimum absolute atomic E-state index is 0.104. The Kier molecular flexibility index (Phi) is 4.21. The Bertz CT molecular complexity index is 423. The molecule has 4 nitrogen and oxygen atoms in total. The van der Waals surface area contributed by atoms with E-state index in [4.69, 9.17) is 0 Å². The molecule has 4 heteroatoms. The van der Waals surface area contributed by atoms with Crippen LogP contribution in [-0.4, -0.2) is 36.2 Å². The topological polar surface area (TPSA) is 44.7 Å². The van der Waals surface area contributed by atoms with Gasteiger partial charge in [0.25, 0.3) is 0 Å². The third-order valence-corrected chi connectivity index (χ3v) is 6.39. The molecule has 0 aromatic heterocycles. The van der Waals surface area contributed by atoms with E-state index in [-0.39, 0.29) is 5.91 Å². The van der Waals surface area contributed by atoms with Crippen LogP contribution in [0.2, 0.25) is 0 Å². The van der Waals surface area contributed by atoms with Gasteiger partial charge < -0.3 is 4.90 Å². The van der Waals surface area contributed by atoms with Gasteiger partial charge in [-0.2, -0.15) is 5.10 Å². The molecule has 0 spiro atoms. The SMILES string of the molecule is O=C(CCN1CCCCC1)NN=C1C2CC3CC(C2)CC1C3. The molecular formula is C18H29N3O. The maximum Gasteiger partial charge on any atom is 0.241 e. The molecule has 0 unspecified atom stereocenters. The van der Waals surface area contributed by atoms with Crippen molar-refractivity contribution in [3.05, 3.63) is 0 Å². The molecule has 1 heterocycles. The monoisotopic (exact) mass is 303 g/mol. The van der Waals surface area contributed by atoms with Gasteiger partial charge in [0.05, 0.1) is 0 Å². The van der Waals surface area contributed by atoms with E-state index < -0.39 is 0 Å². The van der Waals surface area contributed by atoms with Gasteiger partial charge >= 0.3 is 0 Å². The first kappa shape index (κ1) is 14.7. The van der Waals surface area contributed by atoms with E-state index in [1.54, 1.807) is 0 Å². The normalized spacial score (nSPS) is 37.4.